The molecule has 6 heteroatoms. The van der Waals surface area contributed by atoms with Crippen LogP contribution in [0.3, 0.4) is 0 Å². The Morgan fingerprint density at radius 3 is 0.891 bits per heavy atom. The number of fused-ring (bicyclic) bond motifs is 1. The second-order valence-electron chi connectivity index (χ2n) is 10.8. The van der Waals surface area contributed by atoms with E-state index in [2.05, 4.69) is 80.6 Å². The largest absolute Gasteiger partial charge is 0.255 e. The van der Waals surface area contributed by atoms with Gasteiger partial charge in [0.1, 0.15) is 0 Å². The average Bonchev–Trinajstić information content (AvgIpc) is 3.15. The van der Waals surface area contributed by atoms with Gasteiger partial charge in [-0.3, -0.25) is 19.9 Å². The molecule has 0 N–H and O–H groups in total. The second kappa shape index (κ2) is 11.9. The van der Waals surface area contributed by atoms with Gasteiger partial charge in [-0.25, -0.2) is 9.97 Å². The van der Waals surface area contributed by atoms with Crippen LogP contribution in [0.1, 0.15) is 0 Å². The zero-order valence-corrected chi connectivity index (χ0v) is 24.7. The molecule has 6 aromatic heterocycles. The number of pyridine rings is 6. The Labute approximate surface area is 266 Å². The Morgan fingerprint density at radius 1 is 0.283 bits per heavy atom. The molecule has 8 rings (SSSR count). The summed E-state index contributed by atoms with van der Waals surface area (Å²) in [5.41, 5.74) is 10.7. The molecular weight excluding hydrogens is 564 g/mol. The maximum Gasteiger partial charge on any atom is 0.0900 e. The van der Waals surface area contributed by atoms with Crippen molar-refractivity contribution in [3.63, 3.8) is 0 Å². The normalized spacial score (nSPS) is 11.0. The van der Waals surface area contributed by atoms with Crippen LogP contribution in [0.5, 0.6) is 0 Å². The maximum atomic E-state index is 4.98. The van der Waals surface area contributed by atoms with Crippen molar-refractivity contribution < 1.29 is 0 Å². The van der Waals surface area contributed by atoms with E-state index in [4.69, 9.17) is 9.97 Å². The highest BCUT2D eigenvalue weighted by molar-refractivity contribution is 6.05. The monoisotopic (exact) mass is 590 g/mol. The van der Waals surface area contributed by atoms with Gasteiger partial charge in [-0.1, -0.05) is 60.7 Å². The van der Waals surface area contributed by atoms with Crippen molar-refractivity contribution in [3.05, 3.63) is 158 Å². The highest BCUT2D eigenvalue weighted by Crippen LogP contribution is 2.38. The van der Waals surface area contributed by atoms with Crippen molar-refractivity contribution in [2.24, 2.45) is 0 Å². The zero-order chi connectivity index (χ0) is 30.7. The van der Waals surface area contributed by atoms with Gasteiger partial charge in [0.15, 0.2) is 0 Å². The van der Waals surface area contributed by atoms with Gasteiger partial charge in [0.05, 0.1) is 45.6 Å². The van der Waals surface area contributed by atoms with Gasteiger partial charge in [0.2, 0.25) is 0 Å². The molecule has 0 unspecified atom stereocenters. The smallest absolute Gasteiger partial charge is 0.0900 e. The molecule has 0 amide bonds. The van der Waals surface area contributed by atoms with Crippen molar-refractivity contribution in [1.29, 1.82) is 0 Å². The molecule has 0 aliphatic carbocycles. The summed E-state index contributed by atoms with van der Waals surface area (Å²) in [4.78, 5) is 28.4. The Hall–Kier alpha value is -6.40. The molecule has 0 saturated heterocycles. The van der Waals surface area contributed by atoms with Crippen LogP contribution in [0.15, 0.2) is 158 Å². The number of aromatic nitrogens is 6. The standard InChI is InChI=1S/C40H26N6/c1-5-19-41-33(15-1)37-23-27(24-38(45-37)34-16-2-6-20-42-34)29-11-9-14-32-30(12-10-13-31(29)32)28-25-39(35-17-3-7-21-43-35)46-40(26-28)36-18-4-8-22-44-36/h1-26H. The van der Waals surface area contributed by atoms with Gasteiger partial charge in [-0.05, 0) is 106 Å². The third-order valence-corrected chi connectivity index (χ3v) is 7.90. The van der Waals surface area contributed by atoms with Gasteiger partial charge >= 0.3 is 0 Å². The van der Waals surface area contributed by atoms with Crippen molar-refractivity contribution in [1.82, 2.24) is 29.9 Å². The molecule has 6 heterocycles. The van der Waals surface area contributed by atoms with Crippen LogP contribution in [0.4, 0.5) is 0 Å². The fourth-order valence-electron chi connectivity index (χ4n) is 5.77. The first kappa shape index (κ1) is 27.2. The Bertz CT molecular complexity index is 2010. The van der Waals surface area contributed by atoms with Crippen LogP contribution < -0.4 is 0 Å². The first-order chi connectivity index (χ1) is 22.8. The van der Waals surface area contributed by atoms with E-state index in [1.54, 1.807) is 24.8 Å². The lowest BCUT2D eigenvalue weighted by atomic mass is 9.92. The molecule has 216 valence electrons. The predicted octanol–water partition coefficient (Wildman–Crippen LogP) is 9.21. The SMILES string of the molecule is c1ccc(-c2cc(-c3cccc4c(-c5cc(-c6ccccn6)nc(-c6ccccn6)c5)cccc34)cc(-c3ccccn3)n2)nc1. The van der Waals surface area contributed by atoms with Crippen LogP contribution in [-0.4, -0.2) is 29.9 Å². The van der Waals surface area contributed by atoms with E-state index < -0.39 is 0 Å². The molecule has 0 radical (unpaired) electrons. The summed E-state index contributed by atoms with van der Waals surface area (Å²) in [6.45, 7) is 0. The molecular formula is C40H26N6. The fraction of sp³-hybridized carbons (Fsp3) is 0. The third-order valence-electron chi connectivity index (χ3n) is 7.90. The lowest BCUT2D eigenvalue weighted by molar-refractivity contribution is 1.22. The van der Waals surface area contributed by atoms with Crippen LogP contribution in [0.2, 0.25) is 0 Å². The number of rotatable bonds is 6. The predicted molar refractivity (Wildman–Crippen MR) is 183 cm³/mol. The number of hydrogen-bond donors (Lipinski definition) is 0. The molecule has 46 heavy (non-hydrogen) atoms. The second-order valence-corrected chi connectivity index (χ2v) is 10.8. The number of hydrogen-bond acceptors (Lipinski definition) is 6. The Morgan fingerprint density at radius 2 is 0.609 bits per heavy atom. The Balaban J connectivity index is 1.33. The zero-order valence-electron chi connectivity index (χ0n) is 24.7. The van der Waals surface area contributed by atoms with Crippen molar-refractivity contribution >= 4 is 10.8 Å². The van der Waals surface area contributed by atoms with Gasteiger partial charge in [0.25, 0.3) is 0 Å². The molecule has 0 aliphatic heterocycles. The van der Waals surface area contributed by atoms with E-state index in [0.29, 0.717) is 0 Å². The topological polar surface area (TPSA) is 77.3 Å². The number of benzene rings is 2. The van der Waals surface area contributed by atoms with Crippen LogP contribution in [0, 0.1) is 0 Å². The molecule has 2 aromatic carbocycles. The van der Waals surface area contributed by atoms with Crippen LogP contribution >= 0.6 is 0 Å². The minimum absolute atomic E-state index is 0.793. The highest BCUT2D eigenvalue weighted by Gasteiger charge is 2.16. The van der Waals surface area contributed by atoms with Gasteiger partial charge in [0, 0.05) is 24.8 Å². The quantitative estimate of drug-likeness (QED) is 0.192. The van der Waals surface area contributed by atoms with E-state index in [9.17, 15) is 0 Å². The van der Waals surface area contributed by atoms with Gasteiger partial charge < -0.3 is 0 Å². The van der Waals surface area contributed by atoms with E-state index in [-0.39, 0.29) is 0 Å². The fourth-order valence-corrected chi connectivity index (χ4v) is 5.77. The molecule has 0 aliphatic rings. The lowest BCUT2D eigenvalue weighted by Crippen LogP contribution is -1.95. The van der Waals surface area contributed by atoms with Gasteiger partial charge in [-0.2, -0.15) is 0 Å². The average molecular weight is 591 g/mol. The molecule has 6 nitrogen and oxygen atoms in total. The molecule has 0 atom stereocenters. The minimum atomic E-state index is 0.793. The van der Waals surface area contributed by atoms with Crippen molar-refractivity contribution in [2.75, 3.05) is 0 Å². The first-order valence-corrected chi connectivity index (χ1v) is 15.0. The Kier molecular flexibility index (Phi) is 7.05. The summed E-state index contributed by atoms with van der Waals surface area (Å²) in [5.74, 6) is 0. The van der Waals surface area contributed by atoms with Crippen LogP contribution in [-0.2, 0) is 0 Å². The molecule has 0 fully saturated rings. The summed E-state index contributed by atoms with van der Waals surface area (Å²) < 4.78 is 0. The first-order valence-electron chi connectivity index (χ1n) is 15.0. The maximum absolute atomic E-state index is 4.98. The van der Waals surface area contributed by atoms with E-state index in [0.717, 1.165) is 78.6 Å². The summed E-state index contributed by atoms with van der Waals surface area (Å²) in [6, 6.07) is 44.9. The summed E-state index contributed by atoms with van der Waals surface area (Å²) in [5, 5.41) is 2.25. The molecule has 8 aromatic rings. The summed E-state index contributed by atoms with van der Waals surface area (Å²) >= 11 is 0. The van der Waals surface area contributed by atoms with E-state index in [1.807, 2.05) is 72.8 Å². The van der Waals surface area contributed by atoms with Crippen molar-refractivity contribution in [3.8, 4) is 67.8 Å². The van der Waals surface area contributed by atoms with Crippen molar-refractivity contribution in [2.45, 2.75) is 0 Å². The number of nitrogens with zero attached hydrogens (tertiary/aromatic N) is 6. The van der Waals surface area contributed by atoms with E-state index in [1.165, 1.54) is 0 Å². The lowest BCUT2D eigenvalue weighted by Gasteiger charge is -2.15. The van der Waals surface area contributed by atoms with Crippen LogP contribution in [0.25, 0.3) is 78.6 Å². The van der Waals surface area contributed by atoms with E-state index >= 15 is 0 Å². The molecule has 0 bridgehead atoms. The summed E-state index contributed by atoms with van der Waals surface area (Å²) in [6.07, 6.45) is 7.17. The minimum Gasteiger partial charge on any atom is -0.255 e. The molecule has 0 saturated carbocycles. The summed E-state index contributed by atoms with van der Waals surface area (Å²) in [7, 11) is 0. The van der Waals surface area contributed by atoms with Gasteiger partial charge in [-0.15, -0.1) is 0 Å². The highest BCUT2D eigenvalue weighted by atomic mass is 14.8. The molecule has 0 spiro atoms. The third kappa shape index (κ3) is 5.29.